The van der Waals surface area contributed by atoms with Gasteiger partial charge in [0.2, 0.25) is 10.0 Å². The van der Waals surface area contributed by atoms with Gasteiger partial charge in [-0.2, -0.15) is 5.10 Å². The first kappa shape index (κ1) is 13.6. The highest BCUT2D eigenvalue weighted by molar-refractivity contribution is 7.89. The van der Waals surface area contributed by atoms with E-state index in [1.165, 1.54) is 18.5 Å². The minimum atomic E-state index is -3.97. The molecule has 4 N–H and O–H groups in total. The lowest BCUT2D eigenvalue weighted by Crippen LogP contribution is -2.25. The summed E-state index contributed by atoms with van der Waals surface area (Å²) in [7, 11) is -3.97. The van der Waals surface area contributed by atoms with E-state index in [0.29, 0.717) is 11.4 Å². The van der Waals surface area contributed by atoms with Crippen LogP contribution >= 0.6 is 0 Å². The van der Waals surface area contributed by atoms with Crippen LogP contribution < -0.4 is 10.5 Å². The fourth-order valence-electron chi connectivity index (χ4n) is 1.44. The monoisotopic (exact) mass is 285 g/mol. The number of sulfonamides is 1. The van der Waals surface area contributed by atoms with Crippen LogP contribution in [0.25, 0.3) is 0 Å². The van der Waals surface area contributed by atoms with E-state index in [0.717, 1.165) is 6.07 Å². The number of aromatic amines is 1. The van der Waals surface area contributed by atoms with Crippen LogP contribution in [0.15, 0.2) is 29.4 Å². The fraction of sp³-hybridized carbons (Fsp3) is 0.200. The van der Waals surface area contributed by atoms with Crippen molar-refractivity contribution in [1.29, 1.82) is 0 Å². The van der Waals surface area contributed by atoms with Crippen molar-refractivity contribution in [3.8, 4) is 0 Å². The maximum atomic E-state index is 13.6. The van der Waals surface area contributed by atoms with E-state index in [4.69, 9.17) is 5.73 Å². The molecule has 0 unspecified atom stereocenters. The Kier molecular flexibility index (Phi) is 3.88. The highest BCUT2D eigenvalue weighted by atomic mass is 32.2. The Balaban J connectivity index is 2.23. The third-order valence-electron chi connectivity index (χ3n) is 2.42. The summed E-state index contributed by atoms with van der Waals surface area (Å²) in [6, 6.07) is 3.72. The van der Waals surface area contributed by atoms with Crippen LogP contribution in [-0.4, -0.2) is 23.6 Å². The zero-order chi connectivity index (χ0) is 13.9. The van der Waals surface area contributed by atoms with E-state index in [-0.39, 0.29) is 13.1 Å². The Bertz CT molecular complexity index is 657. The molecule has 0 radical (unpaired) electrons. The molecular formula is C10H12FN5O2S. The van der Waals surface area contributed by atoms with Crippen molar-refractivity contribution < 1.29 is 12.8 Å². The first-order chi connectivity index (χ1) is 9.03. The molecule has 19 heavy (non-hydrogen) atoms. The number of hydrogen-bond donors (Lipinski definition) is 3. The number of hydrogen-bond acceptors (Lipinski definition) is 5. The predicted octanol–water partition coefficient (Wildman–Crippen LogP) is -0.119. The maximum Gasteiger partial charge on any atom is 0.243 e. The van der Waals surface area contributed by atoms with Crippen molar-refractivity contribution >= 4 is 10.0 Å². The van der Waals surface area contributed by atoms with Gasteiger partial charge in [-0.15, -0.1) is 0 Å². The molecule has 1 aromatic carbocycles. The third kappa shape index (κ3) is 3.13. The molecule has 0 fully saturated rings. The van der Waals surface area contributed by atoms with Gasteiger partial charge in [-0.05, 0) is 17.7 Å². The largest absolute Gasteiger partial charge is 0.326 e. The number of nitrogens with two attached hydrogens (primary N) is 1. The van der Waals surface area contributed by atoms with Crippen LogP contribution in [0.5, 0.6) is 0 Å². The summed E-state index contributed by atoms with van der Waals surface area (Å²) >= 11 is 0. The summed E-state index contributed by atoms with van der Waals surface area (Å²) in [5, 5.41) is 6.08. The fourth-order valence-corrected chi connectivity index (χ4v) is 2.55. The Morgan fingerprint density at radius 2 is 2.21 bits per heavy atom. The Morgan fingerprint density at radius 1 is 1.42 bits per heavy atom. The first-order valence-electron chi connectivity index (χ1n) is 5.35. The molecule has 1 aromatic heterocycles. The zero-order valence-electron chi connectivity index (χ0n) is 9.80. The van der Waals surface area contributed by atoms with Crippen LogP contribution in [0.4, 0.5) is 4.39 Å². The van der Waals surface area contributed by atoms with Crippen LogP contribution in [-0.2, 0) is 23.1 Å². The van der Waals surface area contributed by atoms with E-state index < -0.39 is 20.7 Å². The van der Waals surface area contributed by atoms with E-state index >= 15 is 0 Å². The molecule has 0 atom stereocenters. The van der Waals surface area contributed by atoms with Crippen LogP contribution in [0.3, 0.4) is 0 Å². The summed E-state index contributed by atoms with van der Waals surface area (Å²) in [4.78, 5) is 3.33. The molecule has 0 saturated carbocycles. The SMILES string of the molecule is NCc1ccc(F)c(S(=O)(=O)NCc2ncn[nH]2)c1. The van der Waals surface area contributed by atoms with Gasteiger partial charge in [0.15, 0.2) is 0 Å². The van der Waals surface area contributed by atoms with Gasteiger partial charge in [-0.25, -0.2) is 22.5 Å². The molecule has 0 amide bonds. The molecule has 0 bridgehead atoms. The summed E-state index contributed by atoms with van der Waals surface area (Å²) in [5.41, 5.74) is 5.93. The van der Waals surface area contributed by atoms with Crippen molar-refractivity contribution in [2.75, 3.05) is 0 Å². The second-order valence-electron chi connectivity index (χ2n) is 3.73. The highest BCUT2D eigenvalue weighted by Crippen LogP contribution is 2.16. The number of halogens is 1. The maximum absolute atomic E-state index is 13.6. The minimum absolute atomic E-state index is 0.103. The van der Waals surface area contributed by atoms with Gasteiger partial charge in [-0.3, -0.25) is 5.10 Å². The zero-order valence-corrected chi connectivity index (χ0v) is 10.6. The third-order valence-corrected chi connectivity index (χ3v) is 3.83. The van der Waals surface area contributed by atoms with E-state index in [2.05, 4.69) is 19.9 Å². The van der Waals surface area contributed by atoms with Crippen LogP contribution in [0, 0.1) is 5.82 Å². The standard InChI is InChI=1S/C10H12FN5O2S/c11-8-2-1-7(4-12)3-9(8)19(17,18)15-5-10-13-6-14-16-10/h1-3,6,15H,4-5,12H2,(H,13,14,16). The first-order valence-corrected chi connectivity index (χ1v) is 6.83. The number of rotatable bonds is 5. The topological polar surface area (TPSA) is 114 Å². The van der Waals surface area contributed by atoms with Crippen molar-refractivity contribution in [3.05, 3.63) is 41.7 Å². The lowest BCUT2D eigenvalue weighted by molar-refractivity contribution is 0.555. The molecule has 0 spiro atoms. The van der Waals surface area contributed by atoms with Gasteiger partial charge < -0.3 is 5.73 Å². The average Bonchev–Trinajstić information content (AvgIpc) is 2.90. The molecule has 1 heterocycles. The number of benzene rings is 1. The number of aromatic nitrogens is 3. The summed E-state index contributed by atoms with van der Waals surface area (Å²) in [6.45, 7) is 0.0273. The van der Waals surface area contributed by atoms with Gasteiger partial charge in [0, 0.05) is 6.54 Å². The number of H-pyrrole nitrogens is 1. The molecule has 2 aromatic rings. The summed E-state index contributed by atoms with van der Waals surface area (Å²) < 4.78 is 39.7. The Hall–Kier alpha value is -1.84. The quantitative estimate of drug-likeness (QED) is 0.708. The molecule has 0 aliphatic carbocycles. The van der Waals surface area contributed by atoms with E-state index in [1.807, 2.05) is 0 Å². The summed E-state index contributed by atoms with van der Waals surface area (Å²) in [6.07, 6.45) is 1.25. The molecule has 9 heteroatoms. The number of nitrogens with one attached hydrogen (secondary N) is 2. The van der Waals surface area contributed by atoms with Gasteiger partial charge in [-0.1, -0.05) is 6.07 Å². The highest BCUT2D eigenvalue weighted by Gasteiger charge is 2.19. The molecule has 0 aliphatic rings. The molecule has 7 nitrogen and oxygen atoms in total. The average molecular weight is 285 g/mol. The van der Waals surface area contributed by atoms with Crippen LogP contribution in [0.1, 0.15) is 11.4 Å². The Morgan fingerprint density at radius 3 is 2.84 bits per heavy atom. The van der Waals surface area contributed by atoms with Gasteiger partial charge in [0.05, 0.1) is 6.54 Å². The minimum Gasteiger partial charge on any atom is -0.326 e. The van der Waals surface area contributed by atoms with Gasteiger partial charge >= 0.3 is 0 Å². The molecule has 0 saturated heterocycles. The predicted molar refractivity (Wildman–Crippen MR) is 64.7 cm³/mol. The Labute approximate surface area is 109 Å². The van der Waals surface area contributed by atoms with Gasteiger partial charge in [0.1, 0.15) is 22.9 Å². The van der Waals surface area contributed by atoms with Crippen molar-refractivity contribution in [2.45, 2.75) is 18.0 Å². The van der Waals surface area contributed by atoms with E-state index in [1.54, 1.807) is 0 Å². The molecular weight excluding hydrogens is 273 g/mol. The van der Waals surface area contributed by atoms with Crippen molar-refractivity contribution in [3.63, 3.8) is 0 Å². The second kappa shape index (κ2) is 5.43. The molecule has 0 aliphatic heterocycles. The normalized spacial score (nSPS) is 11.7. The van der Waals surface area contributed by atoms with Crippen molar-refractivity contribution in [2.24, 2.45) is 5.73 Å². The van der Waals surface area contributed by atoms with Crippen molar-refractivity contribution in [1.82, 2.24) is 19.9 Å². The smallest absolute Gasteiger partial charge is 0.243 e. The lowest BCUT2D eigenvalue weighted by atomic mass is 10.2. The second-order valence-corrected chi connectivity index (χ2v) is 5.46. The lowest BCUT2D eigenvalue weighted by Gasteiger charge is -2.07. The van der Waals surface area contributed by atoms with E-state index in [9.17, 15) is 12.8 Å². The molecule has 2 rings (SSSR count). The van der Waals surface area contributed by atoms with Gasteiger partial charge in [0.25, 0.3) is 0 Å². The molecule has 102 valence electrons. The van der Waals surface area contributed by atoms with Crippen LogP contribution in [0.2, 0.25) is 0 Å². The summed E-state index contributed by atoms with van der Waals surface area (Å²) in [5.74, 6) is -0.499. The number of nitrogens with zero attached hydrogens (tertiary/aromatic N) is 2.